The van der Waals surface area contributed by atoms with Crippen molar-refractivity contribution in [1.82, 2.24) is 10.2 Å². The van der Waals surface area contributed by atoms with Crippen LogP contribution in [0.2, 0.25) is 0 Å². The highest BCUT2D eigenvalue weighted by Crippen LogP contribution is 2.17. The van der Waals surface area contributed by atoms with Gasteiger partial charge in [-0.3, -0.25) is 9.59 Å². The molecule has 0 aromatic heterocycles. The number of likely N-dealkylation sites (tertiary alicyclic amines) is 1. The fourth-order valence-corrected chi connectivity index (χ4v) is 2.95. The minimum absolute atomic E-state index is 0.0643. The van der Waals surface area contributed by atoms with Gasteiger partial charge in [-0.05, 0) is 43.4 Å². The van der Waals surface area contributed by atoms with Crippen molar-refractivity contribution in [3.8, 4) is 0 Å². The maximum atomic E-state index is 12.3. The van der Waals surface area contributed by atoms with E-state index in [0.717, 1.165) is 43.5 Å². The van der Waals surface area contributed by atoms with Crippen LogP contribution in [-0.2, 0) is 16.0 Å². The number of piperidine rings is 1. The molecule has 1 aromatic rings. The van der Waals surface area contributed by atoms with Gasteiger partial charge in [0.25, 0.3) is 0 Å². The third-order valence-corrected chi connectivity index (χ3v) is 4.30. The summed E-state index contributed by atoms with van der Waals surface area (Å²) in [5.74, 6) is 0.164. The zero-order valence-electron chi connectivity index (χ0n) is 13.9. The van der Waals surface area contributed by atoms with Crippen molar-refractivity contribution in [2.24, 2.45) is 5.92 Å². The minimum atomic E-state index is -0.0732. The van der Waals surface area contributed by atoms with Gasteiger partial charge in [0.2, 0.25) is 11.8 Å². The number of benzene rings is 1. The van der Waals surface area contributed by atoms with E-state index in [9.17, 15) is 9.59 Å². The molecule has 126 valence electrons. The summed E-state index contributed by atoms with van der Waals surface area (Å²) >= 11 is 0. The molecule has 1 aliphatic heterocycles. The molecule has 1 aliphatic rings. The van der Waals surface area contributed by atoms with Gasteiger partial charge in [-0.2, -0.15) is 0 Å². The van der Waals surface area contributed by atoms with Crippen molar-refractivity contribution in [2.45, 2.75) is 39.0 Å². The van der Waals surface area contributed by atoms with Gasteiger partial charge in [0.05, 0.1) is 5.92 Å². The molecule has 0 radical (unpaired) electrons. The maximum absolute atomic E-state index is 12.3. The molecule has 0 spiro atoms. The Morgan fingerprint density at radius 1 is 1.30 bits per heavy atom. The molecule has 5 nitrogen and oxygen atoms in total. The fraction of sp³-hybridized carbons (Fsp3) is 0.556. The quantitative estimate of drug-likeness (QED) is 0.788. The van der Waals surface area contributed by atoms with Crippen LogP contribution in [0.15, 0.2) is 24.3 Å². The predicted octanol–water partition coefficient (Wildman–Crippen LogP) is 1.97. The number of amides is 2. The number of nitrogen functional groups attached to an aromatic ring is 1. The molecule has 5 heteroatoms. The predicted molar refractivity (Wildman–Crippen MR) is 91.8 cm³/mol. The van der Waals surface area contributed by atoms with Crippen molar-refractivity contribution < 1.29 is 9.59 Å². The summed E-state index contributed by atoms with van der Waals surface area (Å²) in [4.78, 5) is 26.1. The Bertz CT molecular complexity index is 528. The van der Waals surface area contributed by atoms with Crippen LogP contribution in [0.4, 0.5) is 5.69 Å². The van der Waals surface area contributed by atoms with E-state index >= 15 is 0 Å². The van der Waals surface area contributed by atoms with E-state index < -0.39 is 0 Å². The van der Waals surface area contributed by atoms with Crippen LogP contribution < -0.4 is 11.1 Å². The van der Waals surface area contributed by atoms with E-state index in [1.54, 1.807) is 0 Å². The Hall–Kier alpha value is -2.04. The van der Waals surface area contributed by atoms with E-state index in [0.29, 0.717) is 19.5 Å². The van der Waals surface area contributed by atoms with E-state index in [4.69, 9.17) is 5.73 Å². The Morgan fingerprint density at radius 3 is 2.74 bits per heavy atom. The highest BCUT2D eigenvalue weighted by Gasteiger charge is 2.27. The molecule has 1 saturated heterocycles. The summed E-state index contributed by atoms with van der Waals surface area (Å²) in [7, 11) is 0. The van der Waals surface area contributed by atoms with Gasteiger partial charge in [-0.25, -0.2) is 0 Å². The lowest BCUT2D eigenvalue weighted by Gasteiger charge is -2.32. The van der Waals surface area contributed by atoms with E-state index in [2.05, 4.69) is 5.32 Å². The molecule has 1 heterocycles. The van der Waals surface area contributed by atoms with Crippen LogP contribution in [0.5, 0.6) is 0 Å². The highest BCUT2D eigenvalue weighted by atomic mass is 16.2. The SMILES string of the molecule is CCCC(=O)N1CCCC(C(=O)NCCc2ccc(N)cc2)C1. The second-order valence-electron chi connectivity index (χ2n) is 6.21. The van der Waals surface area contributed by atoms with Crippen molar-refractivity contribution in [1.29, 1.82) is 0 Å². The Morgan fingerprint density at radius 2 is 2.04 bits per heavy atom. The first kappa shape index (κ1) is 17.3. The number of nitrogens with two attached hydrogens (primary N) is 1. The van der Waals surface area contributed by atoms with Gasteiger partial charge in [-0.1, -0.05) is 19.1 Å². The van der Waals surface area contributed by atoms with Crippen LogP contribution in [-0.4, -0.2) is 36.3 Å². The first-order valence-corrected chi connectivity index (χ1v) is 8.50. The number of nitrogens with zero attached hydrogens (tertiary/aromatic N) is 1. The molecular weight excluding hydrogens is 290 g/mol. The van der Waals surface area contributed by atoms with Crippen LogP contribution in [0, 0.1) is 5.92 Å². The summed E-state index contributed by atoms with van der Waals surface area (Å²) in [6, 6.07) is 7.70. The van der Waals surface area contributed by atoms with Crippen molar-refractivity contribution >= 4 is 17.5 Å². The molecular formula is C18H27N3O2. The molecule has 3 N–H and O–H groups in total. The zero-order valence-corrected chi connectivity index (χ0v) is 13.9. The number of carbonyl (C=O) groups excluding carboxylic acids is 2. The maximum Gasteiger partial charge on any atom is 0.224 e. The van der Waals surface area contributed by atoms with E-state index in [-0.39, 0.29) is 17.7 Å². The number of anilines is 1. The third kappa shape index (κ3) is 5.27. The lowest BCUT2D eigenvalue weighted by Crippen LogP contribution is -2.45. The van der Waals surface area contributed by atoms with Gasteiger partial charge in [0.15, 0.2) is 0 Å². The summed E-state index contributed by atoms with van der Waals surface area (Å²) in [6.45, 7) is 3.96. The lowest BCUT2D eigenvalue weighted by atomic mass is 9.96. The molecule has 1 aromatic carbocycles. The minimum Gasteiger partial charge on any atom is -0.399 e. The number of hydrogen-bond acceptors (Lipinski definition) is 3. The van der Waals surface area contributed by atoms with E-state index in [1.807, 2.05) is 36.1 Å². The van der Waals surface area contributed by atoms with Crippen LogP contribution in [0.1, 0.15) is 38.2 Å². The molecule has 1 atom stereocenters. The molecule has 0 saturated carbocycles. The number of carbonyl (C=O) groups is 2. The summed E-state index contributed by atoms with van der Waals surface area (Å²) < 4.78 is 0. The summed E-state index contributed by atoms with van der Waals surface area (Å²) in [5, 5.41) is 3.00. The zero-order chi connectivity index (χ0) is 16.7. The standard InChI is InChI=1S/C18H27N3O2/c1-2-4-17(22)21-12-3-5-15(13-21)18(23)20-11-10-14-6-8-16(19)9-7-14/h6-9,15H,2-5,10-13,19H2,1H3,(H,20,23). The summed E-state index contributed by atoms with van der Waals surface area (Å²) in [5.41, 5.74) is 7.56. The fourth-order valence-electron chi connectivity index (χ4n) is 2.95. The molecule has 1 unspecified atom stereocenters. The first-order chi connectivity index (χ1) is 11.1. The van der Waals surface area contributed by atoms with Gasteiger partial charge in [-0.15, -0.1) is 0 Å². The molecule has 2 rings (SSSR count). The lowest BCUT2D eigenvalue weighted by molar-refractivity contribution is -0.135. The number of rotatable bonds is 6. The largest absolute Gasteiger partial charge is 0.399 e. The molecule has 0 aliphatic carbocycles. The third-order valence-electron chi connectivity index (χ3n) is 4.30. The summed E-state index contributed by atoms with van der Waals surface area (Å²) in [6.07, 6.45) is 3.99. The van der Waals surface area contributed by atoms with Crippen LogP contribution in [0.3, 0.4) is 0 Å². The topological polar surface area (TPSA) is 75.4 Å². The van der Waals surface area contributed by atoms with Crippen LogP contribution in [0.25, 0.3) is 0 Å². The first-order valence-electron chi connectivity index (χ1n) is 8.50. The highest BCUT2D eigenvalue weighted by molar-refractivity contribution is 5.81. The van der Waals surface area contributed by atoms with E-state index in [1.165, 1.54) is 0 Å². The second kappa shape index (κ2) is 8.56. The van der Waals surface area contributed by atoms with Gasteiger partial charge in [0.1, 0.15) is 0 Å². The average molecular weight is 317 g/mol. The second-order valence-corrected chi connectivity index (χ2v) is 6.21. The Labute approximate surface area is 138 Å². The average Bonchev–Trinajstić information content (AvgIpc) is 2.57. The number of hydrogen-bond donors (Lipinski definition) is 2. The monoisotopic (exact) mass is 317 g/mol. The van der Waals surface area contributed by atoms with Gasteiger partial charge >= 0.3 is 0 Å². The van der Waals surface area contributed by atoms with Crippen molar-refractivity contribution in [3.63, 3.8) is 0 Å². The Kier molecular flexibility index (Phi) is 6.44. The van der Waals surface area contributed by atoms with Crippen LogP contribution >= 0.6 is 0 Å². The smallest absolute Gasteiger partial charge is 0.224 e. The molecule has 23 heavy (non-hydrogen) atoms. The van der Waals surface area contributed by atoms with Crippen molar-refractivity contribution in [3.05, 3.63) is 29.8 Å². The normalized spacial score (nSPS) is 17.8. The van der Waals surface area contributed by atoms with Gasteiger partial charge in [0, 0.05) is 31.7 Å². The molecule has 1 fully saturated rings. The molecule has 2 amide bonds. The Balaban J connectivity index is 1.76. The van der Waals surface area contributed by atoms with Gasteiger partial charge < -0.3 is 16.0 Å². The van der Waals surface area contributed by atoms with Crippen molar-refractivity contribution in [2.75, 3.05) is 25.4 Å². The molecule has 0 bridgehead atoms. The number of nitrogens with one attached hydrogen (secondary N) is 1.